The Hall–Kier alpha value is -3.28. The summed E-state index contributed by atoms with van der Waals surface area (Å²) >= 11 is 0. The van der Waals surface area contributed by atoms with Gasteiger partial charge in [-0.2, -0.15) is 0 Å². The summed E-state index contributed by atoms with van der Waals surface area (Å²) in [5.41, 5.74) is 3.11. The quantitative estimate of drug-likeness (QED) is 0.637. The third-order valence-electron chi connectivity index (χ3n) is 4.33. The number of carboxylic acid groups (broad SMARTS) is 1. The van der Waals surface area contributed by atoms with Gasteiger partial charge in [-0.3, -0.25) is 4.79 Å². The number of aliphatic carboxylic acids is 1. The highest BCUT2D eigenvalue weighted by molar-refractivity contribution is 5.97. The standard InChI is InChI=1S/C20H21N3O3/c1-23(2)15-7-5-6-13(10-15)19(24)22-18(20(25)26)11-14-12-21-17-9-4-3-8-16(14)17/h3-10,12,18,21H,11H2,1-2H3,(H,22,24)(H,25,26)/t18-/m1/s1. The molecule has 1 heterocycles. The second-order valence-corrected chi connectivity index (χ2v) is 6.37. The van der Waals surface area contributed by atoms with Crippen LogP contribution in [0.4, 0.5) is 5.69 Å². The van der Waals surface area contributed by atoms with Crippen LogP contribution in [0.3, 0.4) is 0 Å². The number of rotatable bonds is 6. The summed E-state index contributed by atoms with van der Waals surface area (Å²) < 4.78 is 0. The number of hydrogen-bond acceptors (Lipinski definition) is 3. The molecule has 0 aliphatic heterocycles. The summed E-state index contributed by atoms with van der Waals surface area (Å²) in [6.45, 7) is 0. The maximum absolute atomic E-state index is 12.5. The van der Waals surface area contributed by atoms with Gasteiger partial charge in [0.2, 0.25) is 0 Å². The van der Waals surface area contributed by atoms with Crippen molar-refractivity contribution in [1.29, 1.82) is 0 Å². The Morgan fingerprint density at radius 2 is 1.92 bits per heavy atom. The summed E-state index contributed by atoms with van der Waals surface area (Å²) in [6.07, 6.45) is 2.00. The molecule has 3 rings (SSSR count). The molecule has 0 spiro atoms. The maximum Gasteiger partial charge on any atom is 0.326 e. The van der Waals surface area contributed by atoms with Crippen LogP contribution < -0.4 is 10.2 Å². The van der Waals surface area contributed by atoms with E-state index in [4.69, 9.17) is 0 Å². The number of nitrogens with zero attached hydrogens (tertiary/aromatic N) is 1. The summed E-state index contributed by atoms with van der Waals surface area (Å²) in [4.78, 5) is 29.2. The average molecular weight is 351 g/mol. The van der Waals surface area contributed by atoms with Gasteiger partial charge < -0.3 is 20.3 Å². The number of aromatic nitrogens is 1. The monoisotopic (exact) mass is 351 g/mol. The minimum atomic E-state index is -1.06. The van der Waals surface area contributed by atoms with Gasteiger partial charge in [0.25, 0.3) is 5.91 Å². The van der Waals surface area contributed by atoms with Gasteiger partial charge in [-0.05, 0) is 29.8 Å². The van der Waals surface area contributed by atoms with Gasteiger partial charge in [0.15, 0.2) is 0 Å². The van der Waals surface area contributed by atoms with Gasteiger partial charge in [0.1, 0.15) is 6.04 Å². The summed E-state index contributed by atoms with van der Waals surface area (Å²) in [6, 6.07) is 13.7. The van der Waals surface area contributed by atoms with Crippen molar-refractivity contribution < 1.29 is 14.7 Å². The molecule has 1 atom stereocenters. The number of carboxylic acids is 1. The van der Waals surface area contributed by atoms with E-state index in [0.717, 1.165) is 22.2 Å². The predicted octanol–water partition coefficient (Wildman–Crippen LogP) is 2.66. The van der Waals surface area contributed by atoms with E-state index in [1.54, 1.807) is 24.4 Å². The van der Waals surface area contributed by atoms with E-state index >= 15 is 0 Å². The molecule has 0 radical (unpaired) electrons. The molecular weight excluding hydrogens is 330 g/mol. The molecule has 0 bridgehead atoms. The van der Waals surface area contributed by atoms with Crippen LogP contribution in [0.25, 0.3) is 10.9 Å². The number of aromatic amines is 1. The molecule has 0 fully saturated rings. The zero-order valence-electron chi connectivity index (χ0n) is 14.7. The molecule has 6 nitrogen and oxygen atoms in total. The third-order valence-corrected chi connectivity index (χ3v) is 4.33. The number of carbonyl (C=O) groups is 2. The van der Waals surface area contributed by atoms with Crippen molar-refractivity contribution in [2.24, 2.45) is 0 Å². The second kappa shape index (κ2) is 7.31. The fraction of sp³-hybridized carbons (Fsp3) is 0.200. The number of nitrogens with one attached hydrogen (secondary N) is 2. The minimum Gasteiger partial charge on any atom is -0.480 e. The summed E-state index contributed by atoms with van der Waals surface area (Å²) in [5.74, 6) is -1.46. The lowest BCUT2D eigenvalue weighted by molar-refractivity contribution is -0.139. The van der Waals surface area contributed by atoms with E-state index in [9.17, 15) is 14.7 Å². The zero-order chi connectivity index (χ0) is 18.7. The Labute approximate surface area is 151 Å². The Balaban J connectivity index is 1.79. The average Bonchev–Trinajstić information content (AvgIpc) is 3.04. The maximum atomic E-state index is 12.5. The normalized spacial score (nSPS) is 11.9. The number of para-hydroxylation sites is 1. The molecule has 134 valence electrons. The lowest BCUT2D eigenvalue weighted by atomic mass is 10.0. The fourth-order valence-corrected chi connectivity index (χ4v) is 2.89. The second-order valence-electron chi connectivity index (χ2n) is 6.37. The number of H-pyrrole nitrogens is 1. The number of amides is 1. The van der Waals surface area contributed by atoms with Gasteiger partial charge in [0, 0.05) is 48.9 Å². The van der Waals surface area contributed by atoms with E-state index in [1.165, 1.54) is 0 Å². The van der Waals surface area contributed by atoms with Crippen LogP contribution in [0.2, 0.25) is 0 Å². The Morgan fingerprint density at radius 3 is 2.65 bits per heavy atom. The molecule has 0 saturated heterocycles. The van der Waals surface area contributed by atoms with E-state index in [0.29, 0.717) is 5.56 Å². The first kappa shape index (κ1) is 17.5. The minimum absolute atomic E-state index is 0.207. The van der Waals surface area contributed by atoms with Crippen LogP contribution in [-0.2, 0) is 11.2 Å². The van der Waals surface area contributed by atoms with Crippen molar-refractivity contribution in [3.63, 3.8) is 0 Å². The van der Waals surface area contributed by atoms with Gasteiger partial charge >= 0.3 is 5.97 Å². The Kier molecular flexibility index (Phi) is 4.93. The highest BCUT2D eigenvalue weighted by Crippen LogP contribution is 2.19. The Morgan fingerprint density at radius 1 is 1.15 bits per heavy atom. The molecule has 0 aliphatic carbocycles. The van der Waals surface area contributed by atoms with E-state index < -0.39 is 17.9 Å². The first-order valence-corrected chi connectivity index (χ1v) is 8.32. The lowest BCUT2D eigenvalue weighted by Crippen LogP contribution is -2.42. The first-order chi connectivity index (χ1) is 12.5. The van der Waals surface area contributed by atoms with Crippen molar-refractivity contribution in [2.45, 2.75) is 12.5 Å². The lowest BCUT2D eigenvalue weighted by Gasteiger charge is -2.16. The molecule has 0 aliphatic rings. The molecule has 2 aromatic carbocycles. The molecule has 26 heavy (non-hydrogen) atoms. The first-order valence-electron chi connectivity index (χ1n) is 8.32. The molecule has 3 aromatic rings. The van der Waals surface area contributed by atoms with Crippen LogP contribution in [0.1, 0.15) is 15.9 Å². The molecule has 1 amide bonds. The highest BCUT2D eigenvalue weighted by atomic mass is 16.4. The topological polar surface area (TPSA) is 85.4 Å². The molecule has 3 N–H and O–H groups in total. The predicted molar refractivity (Wildman–Crippen MR) is 102 cm³/mol. The molecule has 6 heteroatoms. The SMILES string of the molecule is CN(C)c1cccc(C(=O)N[C@H](Cc2c[nH]c3ccccc23)C(=O)O)c1. The van der Waals surface area contributed by atoms with Crippen LogP contribution in [0, 0.1) is 0 Å². The number of anilines is 1. The third kappa shape index (κ3) is 3.69. The highest BCUT2D eigenvalue weighted by Gasteiger charge is 2.22. The van der Waals surface area contributed by atoms with E-state index in [1.807, 2.05) is 49.3 Å². The van der Waals surface area contributed by atoms with Crippen molar-refractivity contribution in [2.75, 3.05) is 19.0 Å². The van der Waals surface area contributed by atoms with Crippen LogP contribution in [0.15, 0.2) is 54.7 Å². The van der Waals surface area contributed by atoms with E-state index in [2.05, 4.69) is 10.3 Å². The smallest absolute Gasteiger partial charge is 0.326 e. The van der Waals surface area contributed by atoms with E-state index in [-0.39, 0.29) is 6.42 Å². The van der Waals surface area contributed by atoms with Crippen molar-refractivity contribution >= 4 is 28.5 Å². The summed E-state index contributed by atoms with van der Waals surface area (Å²) in [5, 5.41) is 13.1. The summed E-state index contributed by atoms with van der Waals surface area (Å²) in [7, 11) is 3.77. The van der Waals surface area contributed by atoms with Gasteiger partial charge in [-0.1, -0.05) is 24.3 Å². The van der Waals surface area contributed by atoms with Crippen LogP contribution in [-0.4, -0.2) is 42.1 Å². The number of carbonyl (C=O) groups excluding carboxylic acids is 1. The van der Waals surface area contributed by atoms with Crippen molar-refractivity contribution in [1.82, 2.24) is 10.3 Å². The Bertz CT molecular complexity index is 946. The number of fused-ring (bicyclic) bond motifs is 1. The van der Waals surface area contributed by atoms with Crippen LogP contribution >= 0.6 is 0 Å². The number of hydrogen-bond donors (Lipinski definition) is 3. The largest absolute Gasteiger partial charge is 0.480 e. The van der Waals surface area contributed by atoms with Crippen molar-refractivity contribution in [3.05, 3.63) is 65.9 Å². The van der Waals surface area contributed by atoms with Crippen LogP contribution in [0.5, 0.6) is 0 Å². The number of benzene rings is 2. The van der Waals surface area contributed by atoms with Gasteiger partial charge in [-0.15, -0.1) is 0 Å². The molecule has 1 aromatic heterocycles. The molecule has 0 unspecified atom stereocenters. The zero-order valence-corrected chi connectivity index (χ0v) is 14.7. The van der Waals surface area contributed by atoms with Gasteiger partial charge in [-0.25, -0.2) is 4.79 Å². The van der Waals surface area contributed by atoms with Gasteiger partial charge in [0.05, 0.1) is 0 Å². The fourth-order valence-electron chi connectivity index (χ4n) is 2.89. The molecular formula is C20H21N3O3. The molecule has 0 saturated carbocycles. The van der Waals surface area contributed by atoms with Crippen molar-refractivity contribution in [3.8, 4) is 0 Å².